The van der Waals surface area contributed by atoms with Gasteiger partial charge in [-0.05, 0) is 101 Å². The van der Waals surface area contributed by atoms with E-state index in [0.717, 1.165) is 0 Å². The highest BCUT2D eigenvalue weighted by atomic mass is 16.8. The Bertz CT molecular complexity index is 2640. The third-order valence-corrected chi connectivity index (χ3v) is 18.4. The Morgan fingerprint density at radius 2 is 1.06 bits per heavy atom. The summed E-state index contributed by atoms with van der Waals surface area (Å²) in [4.78, 5) is 45.1. The van der Waals surface area contributed by atoms with Crippen LogP contribution in [0, 0.1) is 0 Å². The Morgan fingerprint density at radius 1 is 0.561 bits per heavy atom. The topological polar surface area (TPSA) is 270 Å². The van der Waals surface area contributed by atoms with E-state index in [1.54, 1.807) is 13.8 Å². The molecule has 5 N–H and O–H groups in total. The molecule has 2 aromatic rings. The monoisotopic (exact) mass is 1150 g/mol. The number of rotatable bonds is 15. The van der Waals surface area contributed by atoms with Gasteiger partial charge in [-0.1, -0.05) is 19.1 Å². The van der Waals surface area contributed by atoms with Crippen molar-refractivity contribution in [3.63, 3.8) is 0 Å². The van der Waals surface area contributed by atoms with E-state index >= 15 is 0 Å². The number of nitrogens with zero attached hydrogens (tertiary/aromatic N) is 2. The van der Waals surface area contributed by atoms with Gasteiger partial charge in [0.25, 0.3) is 0 Å². The highest BCUT2D eigenvalue weighted by Gasteiger charge is 2.55. The summed E-state index contributed by atoms with van der Waals surface area (Å²) in [6.07, 6.45) is -6.95. The summed E-state index contributed by atoms with van der Waals surface area (Å²) in [5.41, 5.74) is -3.60. The van der Waals surface area contributed by atoms with Crippen molar-refractivity contribution in [2.75, 3.05) is 28.2 Å². The van der Waals surface area contributed by atoms with Crippen molar-refractivity contribution in [1.29, 1.82) is 0 Å². The molecule has 6 heterocycles. The number of aliphatic hydroxyl groups is 2. The summed E-state index contributed by atoms with van der Waals surface area (Å²) < 4.78 is 77.6. The first kappa shape index (κ1) is 61.3. The molecule has 82 heavy (non-hydrogen) atoms. The zero-order valence-electron chi connectivity index (χ0n) is 49.1. The smallest absolute Gasteiger partial charge is 0.202 e. The van der Waals surface area contributed by atoms with Gasteiger partial charge < -0.3 is 92.2 Å². The molecule has 0 amide bonds. The summed E-state index contributed by atoms with van der Waals surface area (Å²) in [6, 6.07) is 3.41. The van der Waals surface area contributed by atoms with Gasteiger partial charge in [-0.25, -0.2) is 0 Å². The lowest BCUT2D eigenvalue weighted by molar-refractivity contribution is -0.322. The van der Waals surface area contributed by atoms with Gasteiger partial charge in [-0.15, -0.1) is 0 Å². The van der Waals surface area contributed by atoms with Crippen molar-refractivity contribution in [2.24, 2.45) is 0 Å². The lowest BCUT2D eigenvalue weighted by atomic mass is 9.70. The molecule has 6 aliphatic heterocycles. The molecule has 0 saturated carbocycles. The van der Waals surface area contributed by atoms with Crippen molar-refractivity contribution in [1.82, 2.24) is 9.80 Å². The lowest BCUT2D eigenvalue weighted by Crippen LogP contribution is -2.57. The maximum absolute atomic E-state index is 14.5. The summed E-state index contributed by atoms with van der Waals surface area (Å²) in [7, 11) is 7.67. The fourth-order valence-corrected chi connectivity index (χ4v) is 13.6. The SMILES string of the molecule is CCC1(O)CC(OC2CC(N(C)C)C(OC3CCC(OC4CCC(O)C(C)O4)C(C)O3)C(C)O2)c2c(O)c3c(c(O)c2C1OC1CC(N(C)C)C(OC2CCC(OC4CCC(=O)C(C)O4)C(C)O2)C(C)O1)C(=O)c1cccc(O)c1C3=O. The van der Waals surface area contributed by atoms with E-state index in [4.69, 9.17) is 56.8 Å². The van der Waals surface area contributed by atoms with E-state index in [1.165, 1.54) is 18.2 Å². The average molecular weight is 1160 g/mol. The quantitative estimate of drug-likeness (QED) is 0.110. The molecule has 6 saturated heterocycles. The van der Waals surface area contributed by atoms with Crippen LogP contribution in [-0.2, 0) is 61.6 Å². The van der Waals surface area contributed by atoms with Gasteiger partial charge in [-0.3, -0.25) is 14.4 Å². The Morgan fingerprint density at radius 3 is 1.60 bits per heavy atom. The van der Waals surface area contributed by atoms with Crippen LogP contribution in [0.4, 0.5) is 0 Å². The molecule has 22 heteroatoms. The number of aliphatic hydroxyl groups excluding tert-OH is 1. The first-order valence-electron chi connectivity index (χ1n) is 29.6. The third kappa shape index (κ3) is 12.2. The second-order valence-electron chi connectivity index (χ2n) is 24.4. The van der Waals surface area contributed by atoms with Gasteiger partial charge in [0.1, 0.15) is 41.7 Å². The number of phenols is 3. The van der Waals surface area contributed by atoms with Crippen molar-refractivity contribution in [2.45, 2.75) is 260 Å². The standard InChI is InChI=1S/C60H86N2O20/c1-12-60(70)26-41(79-46-24-34(61(8)9)57(31(6)75-46)80-44-22-18-39(29(4)73-44)77-42-20-16-36(63)27(2)71-42)49-52(56(69)50-51(55(49)68)54(67)48-33(53(50)66)14-13-15-38(48)65)59(60)82-47-25-35(62(10)11)58(32(7)76-47)81-45-23-19-40(30(5)74-45)78-43-21-17-37(64)28(3)72-43/h13-15,27-32,34-36,39-47,57-59,63,65,68-70H,12,16-26H2,1-11H3. The van der Waals surface area contributed by atoms with Crippen LogP contribution in [0.15, 0.2) is 18.2 Å². The number of aromatic hydroxyl groups is 3. The number of fused-ring (bicyclic) bond motifs is 3. The second kappa shape index (κ2) is 24.9. The number of hydrogen-bond acceptors (Lipinski definition) is 22. The second-order valence-corrected chi connectivity index (χ2v) is 24.4. The lowest BCUT2D eigenvalue weighted by Gasteiger charge is -2.50. The number of carbonyl (C=O) groups excluding carboxylic acids is 3. The predicted molar refractivity (Wildman–Crippen MR) is 290 cm³/mol. The molecule has 6 fully saturated rings. The fraction of sp³-hybridized carbons (Fsp3) is 0.750. The van der Waals surface area contributed by atoms with E-state index in [1.807, 2.05) is 72.6 Å². The van der Waals surface area contributed by atoms with Gasteiger partial charge in [0.15, 0.2) is 49.3 Å². The van der Waals surface area contributed by atoms with Crippen LogP contribution in [-0.4, -0.2) is 203 Å². The first-order valence-corrected chi connectivity index (χ1v) is 29.6. The van der Waals surface area contributed by atoms with E-state index in [2.05, 4.69) is 0 Å². The van der Waals surface area contributed by atoms with Gasteiger partial charge in [0.05, 0.1) is 77.2 Å². The summed E-state index contributed by atoms with van der Waals surface area (Å²) >= 11 is 0. The normalized spacial score (nSPS) is 40.9. The molecular weight excluding hydrogens is 1070 g/mol. The van der Waals surface area contributed by atoms with Crippen LogP contribution in [0.25, 0.3) is 0 Å². The minimum Gasteiger partial charge on any atom is -0.507 e. The Balaban J connectivity index is 0.886. The Hall–Kier alpha value is -3.79. The zero-order chi connectivity index (χ0) is 58.8. The van der Waals surface area contributed by atoms with Crippen molar-refractivity contribution in [3.05, 3.63) is 51.6 Å². The number of ether oxygens (including phenoxy) is 12. The van der Waals surface area contributed by atoms with Crippen LogP contribution >= 0.6 is 0 Å². The average Bonchev–Trinajstić information content (AvgIpc) is 3.62. The van der Waals surface area contributed by atoms with Crippen LogP contribution < -0.4 is 0 Å². The predicted octanol–water partition coefficient (Wildman–Crippen LogP) is 5.94. The fourth-order valence-electron chi connectivity index (χ4n) is 13.6. The number of hydrogen-bond donors (Lipinski definition) is 5. The molecule has 10 rings (SSSR count). The van der Waals surface area contributed by atoms with E-state index in [9.17, 15) is 39.9 Å². The minimum absolute atomic E-state index is 0.0364. The number of likely N-dealkylation sites (N-methyl/N-ethyl adjacent to an activating group) is 2. The highest BCUT2D eigenvalue weighted by Crippen LogP contribution is 2.58. The maximum Gasteiger partial charge on any atom is 0.202 e. The number of ketones is 3. The van der Waals surface area contributed by atoms with Crippen LogP contribution in [0.3, 0.4) is 0 Å². The summed E-state index contributed by atoms with van der Waals surface area (Å²) in [5.74, 6) is -3.48. The van der Waals surface area contributed by atoms with Gasteiger partial charge in [0.2, 0.25) is 5.78 Å². The molecule has 0 radical (unpaired) electrons. The Kier molecular flexibility index (Phi) is 18.6. The maximum atomic E-state index is 14.5. The number of carbonyl (C=O) groups is 3. The molecule has 22 unspecified atom stereocenters. The molecule has 456 valence electrons. The first-order chi connectivity index (χ1) is 38.9. The van der Waals surface area contributed by atoms with Crippen LogP contribution in [0.5, 0.6) is 17.2 Å². The summed E-state index contributed by atoms with van der Waals surface area (Å²) in [6.45, 7) is 12.9. The van der Waals surface area contributed by atoms with Gasteiger partial charge >= 0.3 is 0 Å². The molecule has 0 aromatic heterocycles. The molecule has 22 nitrogen and oxygen atoms in total. The molecule has 0 bridgehead atoms. The molecule has 8 aliphatic rings. The summed E-state index contributed by atoms with van der Waals surface area (Å²) in [5, 5.41) is 59.5. The van der Waals surface area contributed by atoms with Crippen molar-refractivity contribution >= 4 is 17.3 Å². The van der Waals surface area contributed by atoms with Crippen molar-refractivity contribution in [3.8, 4) is 17.2 Å². The number of phenolic OH excluding ortho intramolecular Hbond substituents is 3. The van der Waals surface area contributed by atoms with Crippen molar-refractivity contribution < 1.29 is 96.8 Å². The van der Waals surface area contributed by atoms with Gasteiger partial charge in [0, 0.05) is 80.1 Å². The number of Topliss-reactive ketones (excluding diaryl/α,β-unsaturated/α-hetero) is 1. The largest absolute Gasteiger partial charge is 0.507 e. The molecule has 2 aromatic carbocycles. The Labute approximate surface area is 479 Å². The van der Waals surface area contributed by atoms with E-state index in [-0.39, 0.29) is 96.3 Å². The van der Waals surface area contributed by atoms with E-state index < -0.39 is 132 Å². The number of benzene rings is 2. The highest BCUT2D eigenvalue weighted by molar-refractivity contribution is 6.31. The van der Waals surface area contributed by atoms with E-state index in [0.29, 0.717) is 51.4 Å². The molecule has 22 atom stereocenters. The molecular formula is C60H86N2O20. The molecule has 0 spiro atoms. The third-order valence-electron chi connectivity index (χ3n) is 18.4. The van der Waals surface area contributed by atoms with Crippen LogP contribution in [0.2, 0.25) is 0 Å². The van der Waals surface area contributed by atoms with Gasteiger partial charge in [-0.2, -0.15) is 0 Å². The van der Waals surface area contributed by atoms with Crippen LogP contribution in [0.1, 0.15) is 181 Å². The minimum atomic E-state index is -1.85. The zero-order valence-corrected chi connectivity index (χ0v) is 49.1. The molecule has 2 aliphatic carbocycles.